The Balaban J connectivity index is 1.89. The number of nitrogens with one attached hydrogen (secondary N) is 1. The number of hydrogen-bond acceptors (Lipinski definition) is 4. The van der Waals surface area contributed by atoms with Crippen LogP contribution in [0.3, 0.4) is 0 Å². The van der Waals surface area contributed by atoms with Gasteiger partial charge in [0.15, 0.2) is 0 Å². The van der Waals surface area contributed by atoms with Gasteiger partial charge in [0, 0.05) is 12.6 Å². The van der Waals surface area contributed by atoms with Crippen LogP contribution in [0.2, 0.25) is 0 Å². The van der Waals surface area contributed by atoms with Gasteiger partial charge in [-0.15, -0.1) is 0 Å². The van der Waals surface area contributed by atoms with Crippen LogP contribution in [-0.2, 0) is 20.9 Å². The van der Waals surface area contributed by atoms with Crippen LogP contribution in [0.1, 0.15) is 31.7 Å². The zero-order valence-electron chi connectivity index (χ0n) is 13.2. The molecule has 1 aliphatic heterocycles. The summed E-state index contributed by atoms with van der Waals surface area (Å²) in [6.07, 6.45) is 2.09. The minimum Gasteiger partial charge on any atom is -0.469 e. The first kappa shape index (κ1) is 16.5. The van der Waals surface area contributed by atoms with Crippen LogP contribution < -0.4 is 5.32 Å². The number of methoxy groups -OCH3 is 1. The van der Waals surface area contributed by atoms with Crippen LogP contribution in [0.5, 0.6) is 0 Å². The molecule has 5 heteroatoms. The first-order chi connectivity index (χ1) is 10.6. The van der Waals surface area contributed by atoms with E-state index in [0.29, 0.717) is 0 Å². The maximum atomic E-state index is 12.4. The fraction of sp³-hybridized carbons (Fsp3) is 0.529. The molecule has 1 heterocycles. The molecule has 1 amide bonds. The number of likely N-dealkylation sites (tertiary alicyclic amines) is 1. The van der Waals surface area contributed by atoms with E-state index in [-0.39, 0.29) is 30.4 Å². The van der Waals surface area contributed by atoms with Crippen LogP contribution in [0.4, 0.5) is 0 Å². The zero-order chi connectivity index (χ0) is 15.9. The van der Waals surface area contributed by atoms with E-state index in [2.05, 4.69) is 27.1 Å². The number of ether oxygens (including phenoxy) is 1. The maximum absolute atomic E-state index is 12.4. The number of rotatable bonds is 6. The second kappa shape index (κ2) is 7.94. The Hall–Kier alpha value is -1.88. The van der Waals surface area contributed by atoms with Crippen LogP contribution >= 0.6 is 0 Å². The molecule has 0 unspecified atom stereocenters. The Morgan fingerprint density at radius 1 is 1.36 bits per heavy atom. The van der Waals surface area contributed by atoms with Crippen molar-refractivity contribution in [2.45, 2.75) is 44.8 Å². The van der Waals surface area contributed by atoms with Crippen molar-refractivity contribution in [3.05, 3.63) is 35.9 Å². The normalized spacial score (nSPS) is 19.6. The van der Waals surface area contributed by atoms with Gasteiger partial charge in [-0.25, -0.2) is 0 Å². The van der Waals surface area contributed by atoms with Gasteiger partial charge in [-0.2, -0.15) is 0 Å². The Labute approximate surface area is 131 Å². The van der Waals surface area contributed by atoms with Crippen LogP contribution in [0, 0.1) is 0 Å². The third-order valence-electron chi connectivity index (χ3n) is 3.98. The topological polar surface area (TPSA) is 58.6 Å². The lowest BCUT2D eigenvalue weighted by molar-refractivity contribution is -0.141. The van der Waals surface area contributed by atoms with Crippen molar-refractivity contribution in [3.63, 3.8) is 0 Å². The van der Waals surface area contributed by atoms with Crippen molar-refractivity contribution in [3.8, 4) is 0 Å². The van der Waals surface area contributed by atoms with Gasteiger partial charge < -0.3 is 10.1 Å². The predicted molar refractivity (Wildman–Crippen MR) is 84.1 cm³/mol. The predicted octanol–water partition coefficient (Wildman–Crippen LogP) is 1.72. The lowest BCUT2D eigenvalue weighted by Gasteiger charge is -2.25. The third kappa shape index (κ3) is 4.56. The van der Waals surface area contributed by atoms with E-state index in [1.807, 2.05) is 25.1 Å². The highest BCUT2D eigenvalue weighted by Crippen LogP contribution is 2.20. The molecule has 1 saturated heterocycles. The Kier molecular flexibility index (Phi) is 5.95. The van der Waals surface area contributed by atoms with E-state index >= 15 is 0 Å². The molecule has 0 bridgehead atoms. The number of hydrogen-bond donors (Lipinski definition) is 1. The summed E-state index contributed by atoms with van der Waals surface area (Å²) in [5, 5.41) is 2.92. The van der Waals surface area contributed by atoms with Crippen molar-refractivity contribution in [2.24, 2.45) is 0 Å². The monoisotopic (exact) mass is 304 g/mol. The van der Waals surface area contributed by atoms with Crippen molar-refractivity contribution in [1.82, 2.24) is 10.2 Å². The van der Waals surface area contributed by atoms with Gasteiger partial charge in [-0.3, -0.25) is 14.5 Å². The summed E-state index contributed by atoms with van der Waals surface area (Å²) in [6, 6.07) is 9.85. The third-order valence-corrected chi connectivity index (χ3v) is 3.98. The second-order valence-corrected chi connectivity index (χ2v) is 5.80. The summed E-state index contributed by atoms with van der Waals surface area (Å²) in [6.45, 7) is 3.54. The molecule has 0 radical (unpaired) electrons. The summed E-state index contributed by atoms with van der Waals surface area (Å²) in [7, 11) is 1.36. The molecule has 0 aliphatic carbocycles. The molecule has 0 spiro atoms. The highest BCUT2D eigenvalue weighted by Gasteiger charge is 2.31. The molecule has 1 aromatic carbocycles. The first-order valence-electron chi connectivity index (χ1n) is 7.75. The molecule has 0 aromatic heterocycles. The molecule has 1 aromatic rings. The van der Waals surface area contributed by atoms with Crippen LogP contribution in [0.25, 0.3) is 0 Å². The Morgan fingerprint density at radius 3 is 2.77 bits per heavy atom. The fourth-order valence-corrected chi connectivity index (χ4v) is 2.85. The van der Waals surface area contributed by atoms with E-state index in [4.69, 9.17) is 0 Å². The molecule has 1 fully saturated rings. The van der Waals surface area contributed by atoms with E-state index in [0.717, 1.165) is 25.9 Å². The second-order valence-electron chi connectivity index (χ2n) is 5.80. The summed E-state index contributed by atoms with van der Waals surface area (Å²) in [5.74, 6) is -0.301. The molecule has 22 heavy (non-hydrogen) atoms. The molecule has 1 N–H and O–H groups in total. The number of amides is 1. The van der Waals surface area contributed by atoms with E-state index in [1.54, 1.807) is 0 Å². The number of esters is 1. The van der Waals surface area contributed by atoms with Crippen molar-refractivity contribution in [1.29, 1.82) is 0 Å². The van der Waals surface area contributed by atoms with Gasteiger partial charge >= 0.3 is 5.97 Å². The molecule has 2 atom stereocenters. The molecule has 1 aliphatic rings. The van der Waals surface area contributed by atoms with Crippen LogP contribution in [-0.4, -0.2) is 42.5 Å². The van der Waals surface area contributed by atoms with E-state index in [9.17, 15) is 9.59 Å². The molecule has 2 rings (SSSR count). The van der Waals surface area contributed by atoms with E-state index < -0.39 is 0 Å². The van der Waals surface area contributed by atoms with Gasteiger partial charge in [0.1, 0.15) is 0 Å². The minimum atomic E-state index is -0.305. The minimum absolute atomic E-state index is 0.00448. The first-order valence-corrected chi connectivity index (χ1v) is 7.75. The molecular formula is C17H24N2O3. The highest BCUT2D eigenvalue weighted by atomic mass is 16.5. The molecule has 5 nitrogen and oxygen atoms in total. The summed E-state index contributed by atoms with van der Waals surface area (Å²) in [4.78, 5) is 25.9. The zero-order valence-corrected chi connectivity index (χ0v) is 13.2. The average Bonchev–Trinajstić information content (AvgIpc) is 2.96. The van der Waals surface area contributed by atoms with Crippen molar-refractivity contribution < 1.29 is 14.3 Å². The Bertz CT molecular complexity index is 504. The molecule has 0 saturated carbocycles. The molecular weight excluding hydrogens is 280 g/mol. The smallest absolute Gasteiger partial charge is 0.307 e. The number of carbonyl (C=O) groups is 2. The fourth-order valence-electron chi connectivity index (χ4n) is 2.85. The number of nitrogens with zero attached hydrogens (tertiary/aromatic N) is 1. The number of carbonyl (C=O) groups excluding carboxylic acids is 2. The van der Waals surface area contributed by atoms with Gasteiger partial charge in [0.25, 0.3) is 0 Å². The average molecular weight is 304 g/mol. The lowest BCUT2D eigenvalue weighted by atomic mass is 10.1. The summed E-state index contributed by atoms with van der Waals surface area (Å²) >= 11 is 0. The standard InChI is InChI=1S/C17H24N2O3/c1-13(11-16(20)22-2)18-17(21)15-9-6-10-19(15)12-14-7-4-3-5-8-14/h3-5,7-8,13,15H,6,9-12H2,1-2H3,(H,18,21)/t13-,15+/m0/s1. The maximum Gasteiger partial charge on any atom is 0.307 e. The van der Waals surface area contributed by atoms with Gasteiger partial charge in [-0.1, -0.05) is 30.3 Å². The van der Waals surface area contributed by atoms with Gasteiger partial charge in [-0.05, 0) is 31.9 Å². The van der Waals surface area contributed by atoms with Gasteiger partial charge in [0.2, 0.25) is 5.91 Å². The number of benzene rings is 1. The SMILES string of the molecule is COC(=O)C[C@H](C)NC(=O)[C@H]1CCCN1Cc1ccccc1. The largest absolute Gasteiger partial charge is 0.469 e. The highest BCUT2D eigenvalue weighted by molar-refractivity contribution is 5.83. The van der Waals surface area contributed by atoms with Crippen molar-refractivity contribution >= 4 is 11.9 Å². The van der Waals surface area contributed by atoms with Gasteiger partial charge in [0.05, 0.1) is 19.6 Å². The van der Waals surface area contributed by atoms with E-state index in [1.165, 1.54) is 12.7 Å². The Morgan fingerprint density at radius 2 is 2.09 bits per heavy atom. The summed E-state index contributed by atoms with van der Waals surface area (Å²) < 4.78 is 4.63. The molecule has 120 valence electrons. The summed E-state index contributed by atoms with van der Waals surface area (Å²) in [5.41, 5.74) is 1.21. The lowest BCUT2D eigenvalue weighted by Crippen LogP contribution is -2.46. The quantitative estimate of drug-likeness (QED) is 0.813. The van der Waals surface area contributed by atoms with Crippen molar-refractivity contribution in [2.75, 3.05) is 13.7 Å². The van der Waals surface area contributed by atoms with Crippen LogP contribution in [0.15, 0.2) is 30.3 Å².